The molecule has 12 heavy (non-hydrogen) atoms. The lowest BCUT2D eigenvalue weighted by molar-refractivity contribution is 1.22. The standard InChI is InChI=1S/C7H10N2S.C2H6/c1-3-4-5-7-6(2)8-10-9-7;1-2/h4-5H,3H2,1-2H3;1-2H3/b5-4-;. The number of aromatic nitrogens is 2. The maximum atomic E-state index is 4.10. The summed E-state index contributed by atoms with van der Waals surface area (Å²) in [5.41, 5.74) is 2.03. The molecule has 0 spiro atoms. The molecule has 0 aliphatic rings. The van der Waals surface area contributed by atoms with Crippen LogP contribution in [0.5, 0.6) is 0 Å². The first-order chi connectivity index (χ1) is 5.84. The molecule has 68 valence electrons. The van der Waals surface area contributed by atoms with Gasteiger partial charge in [-0.1, -0.05) is 26.8 Å². The zero-order chi connectivity index (χ0) is 9.40. The third-order valence-electron chi connectivity index (χ3n) is 1.20. The summed E-state index contributed by atoms with van der Waals surface area (Å²) >= 11 is 1.27. The summed E-state index contributed by atoms with van der Waals surface area (Å²) in [5, 5.41) is 0. The van der Waals surface area contributed by atoms with Gasteiger partial charge < -0.3 is 0 Å². The van der Waals surface area contributed by atoms with Crippen LogP contribution in [0, 0.1) is 6.92 Å². The van der Waals surface area contributed by atoms with Crippen molar-refractivity contribution in [3.05, 3.63) is 17.5 Å². The second-order valence-electron chi connectivity index (χ2n) is 2.05. The van der Waals surface area contributed by atoms with Gasteiger partial charge in [0.25, 0.3) is 0 Å². The Labute approximate surface area is 78.7 Å². The molecule has 0 aliphatic carbocycles. The Kier molecular flexibility index (Phi) is 6.57. The van der Waals surface area contributed by atoms with Crippen molar-refractivity contribution in [2.75, 3.05) is 0 Å². The van der Waals surface area contributed by atoms with Crippen molar-refractivity contribution in [3.8, 4) is 0 Å². The maximum Gasteiger partial charge on any atom is 0.0995 e. The van der Waals surface area contributed by atoms with Gasteiger partial charge in [0, 0.05) is 0 Å². The molecule has 1 heterocycles. The predicted octanol–water partition coefficient (Wildman–Crippen LogP) is 3.30. The quantitative estimate of drug-likeness (QED) is 0.704. The third-order valence-corrected chi connectivity index (χ3v) is 1.83. The van der Waals surface area contributed by atoms with E-state index in [9.17, 15) is 0 Å². The van der Waals surface area contributed by atoms with Crippen LogP contribution in [0.2, 0.25) is 0 Å². The Morgan fingerprint density at radius 2 is 2.00 bits per heavy atom. The van der Waals surface area contributed by atoms with Gasteiger partial charge in [-0.3, -0.25) is 0 Å². The van der Waals surface area contributed by atoms with E-state index in [-0.39, 0.29) is 0 Å². The van der Waals surface area contributed by atoms with Gasteiger partial charge in [-0.25, -0.2) is 0 Å². The highest BCUT2D eigenvalue weighted by atomic mass is 32.1. The Hall–Kier alpha value is -0.700. The van der Waals surface area contributed by atoms with Crippen molar-refractivity contribution in [1.82, 2.24) is 8.75 Å². The van der Waals surface area contributed by atoms with E-state index in [1.807, 2.05) is 26.8 Å². The number of aryl methyl sites for hydroxylation is 1. The van der Waals surface area contributed by atoms with Crippen LogP contribution < -0.4 is 0 Å². The zero-order valence-corrected chi connectivity index (χ0v) is 8.98. The van der Waals surface area contributed by atoms with E-state index < -0.39 is 0 Å². The van der Waals surface area contributed by atoms with E-state index in [1.165, 1.54) is 11.7 Å². The molecular formula is C9H16N2S. The summed E-state index contributed by atoms with van der Waals surface area (Å²) in [6.45, 7) is 8.07. The molecule has 0 fully saturated rings. The number of nitrogens with zero attached hydrogens (tertiary/aromatic N) is 2. The fourth-order valence-corrected chi connectivity index (χ4v) is 1.16. The molecular weight excluding hydrogens is 168 g/mol. The number of rotatable bonds is 2. The average Bonchev–Trinajstić information content (AvgIpc) is 2.51. The molecule has 1 aromatic heterocycles. The first-order valence-electron chi connectivity index (χ1n) is 4.30. The fourth-order valence-electron chi connectivity index (χ4n) is 0.619. The van der Waals surface area contributed by atoms with Crippen molar-refractivity contribution in [2.24, 2.45) is 0 Å². The molecule has 1 rings (SSSR count). The highest BCUT2D eigenvalue weighted by molar-refractivity contribution is 6.99. The zero-order valence-electron chi connectivity index (χ0n) is 8.16. The summed E-state index contributed by atoms with van der Waals surface area (Å²) in [6.07, 6.45) is 5.15. The van der Waals surface area contributed by atoms with E-state index in [0.29, 0.717) is 0 Å². The van der Waals surface area contributed by atoms with E-state index in [1.54, 1.807) is 0 Å². The molecule has 0 amide bonds. The molecule has 1 aromatic rings. The van der Waals surface area contributed by atoms with Gasteiger partial charge in [-0.2, -0.15) is 8.75 Å². The van der Waals surface area contributed by atoms with Gasteiger partial charge in [-0.05, 0) is 19.4 Å². The number of hydrogen-bond acceptors (Lipinski definition) is 3. The normalized spacial score (nSPS) is 9.67. The van der Waals surface area contributed by atoms with Crippen LogP contribution in [-0.4, -0.2) is 8.75 Å². The molecule has 0 bridgehead atoms. The maximum absolute atomic E-state index is 4.10. The van der Waals surface area contributed by atoms with Gasteiger partial charge in [0.2, 0.25) is 0 Å². The van der Waals surface area contributed by atoms with Crippen molar-refractivity contribution < 1.29 is 0 Å². The van der Waals surface area contributed by atoms with Crippen molar-refractivity contribution in [2.45, 2.75) is 34.1 Å². The van der Waals surface area contributed by atoms with Crippen LogP contribution in [0.15, 0.2) is 6.08 Å². The smallest absolute Gasteiger partial charge is 0.0995 e. The van der Waals surface area contributed by atoms with Crippen LogP contribution in [0.3, 0.4) is 0 Å². The topological polar surface area (TPSA) is 25.8 Å². The Bertz CT molecular complexity index is 228. The van der Waals surface area contributed by atoms with Gasteiger partial charge in [0.05, 0.1) is 23.1 Å². The minimum atomic E-state index is 1.01. The number of hydrogen-bond donors (Lipinski definition) is 0. The van der Waals surface area contributed by atoms with Crippen LogP contribution in [0.1, 0.15) is 38.6 Å². The molecule has 0 unspecified atom stereocenters. The lowest BCUT2D eigenvalue weighted by Crippen LogP contribution is -1.74. The molecule has 0 radical (unpaired) electrons. The second kappa shape index (κ2) is 6.98. The van der Waals surface area contributed by atoms with Crippen LogP contribution in [0.25, 0.3) is 6.08 Å². The van der Waals surface area contributed by atoms with Crippen LogP contribution in [-0.2, 0) is 0 Å². The summed E-state index contributed by atoms with van der Waals surface area (Å²) < 4.78 is 8.15. The summed E-state index contributed by atoms with van der Waals surface area (Å²) in [7, 11) is 0. The minimum absolute atomic E-state index is 1.01. The molecule has 2 nitrogen and oxygen atoms in total. The monoisotopic (exact) mass is 184 g/mol. The van der Waals surface area contributed by atoms with Gasteiger partial charge >= 0.3 is 0 Å². The van der Waals surface area contributed by atoms with Crippen molar-refractivity contribution in [1.29, 1.82) is 0 Å². The molecule has 0 atom stereocenters. The van der Waals surface area contributed by atoms with Gasteiger partial charge in [0.1, 0.15) is 0 Å². The summed E-state index contributed by atoms with van der Waals surface area (Å²) in [4.78, 5) is 0. The van der Waals surface area contributed by atoms with Gasteiger partial charge in [0.15, 0.2) is 0 Å². The van der Waals surface area contributed by atoms with E-state index in [4.69, 9.17) is 0 Å². The molecule has 3 heteroatoms. The third kappa shape index (κ3) is 3.62. The number of allylic oxidation sites excluding steroid dienone is 1. The summed E-state index contributed by atoms with van der Waals surface area (Å²) in [5.74, 6) is 0. The van der Waals surface area contributed by atoms with Crippen molar-refractivity contribution >= 4 is 17.8 Å². The molecule has 0 aliphatic heterocycles. The summed E-state index contributed by atoms with van der Waals surface area (Å²) in [6, 6.07) is 0. The Morgan fingerprint density at radius 1 is 1.33 bits per heavy atom. The lowest BCUT2D eigenvalue weighted by atomic mass is 10.3. The molecule has 0 saturated heterocycles. The fraction of sp³-hybridized carbons (Fsp3) is 0.556. The minimum Gasteiger partial charge on any atom is -0.178 e. The lowest BCUT2D eigenvalue weighted by Gasteiger charge is -1.82. The Balaban J connectivity index is 0.000000561. The predicted molar refractivity (Wildman–Crippen MR) is 55.3 cm³/mol. The molecule has 0 saturated carbocycles. The molecule has 0 aromatic carbocycles. The van der Waals surface area contributed by atoms with E-state index in [0.717, 1.165) is 17.8 Å². The second-order valence-corrected chi connectivity index (χ2v) is 2.57. The Morgan fingerprint density at radius 3 is 2.42 bits per heavy atom. The first kappa shape index (κ1) is 11.3. The van der Waals surface area contributed by atoms with Gasteiger partial charge in [-0.15, -0.1) is 0 Å². The highest BCUT2D eigenvalue weighted by Crippen LogP contribution is 2.05. The SMILES string of the molecule is CC.CC/C=C\c1nsnc1C. The van der Waals surface area contributed by atoms with Crippen LogP contribution in [0.4, 0.5) is 0 Å². The van der Waals surface area contributed by atoms with Crippen molar-refractivity contribution in [3.63, 3.8) is 0 Å². The van der Waals surface area contributed by atoms with E-state index in [2.05, 4.69) is 21.7 Å². The largest absolute Gasteiger partial charge is 0.178 e. The molecule has 0 N–H and O–H groups in total. The highest BCUT2D eigenvalue weighted by Gasteiger charge is 1.95. The average molecular weight is 184 g/mol. The van der Waals surface area contributed by atoms with E-state index >= 15 is 0 Å². The van der Waals surface area contributed by atoms with Crippen LogP contribution >= 0.6 is 11.7 Å². The first-order valence-corrected chi connectivity index (χ1v) is 5.03.